The minimum absolute atomic E-state index is 0.271. The van der Waals surface area contributed by atoms with E-state index in [0.29, 0.717) is 6.08 Å². The van der Waals surface area contributed by atoms with Crippen LogP contribution in [0, 0.1) is 10.1 Å². The molecule has 0 aromatic heterocycles. The maximum absolute atomic E-state index is 12.7. The zero-order valence-electron chi connectivity index (χ0n) is 7.09. The van der Waals surface area contributed by atoms with Crippen LogP contribution in [0.4, 0.5) is 8.78 Å². The van der Waals surface area contributed by atoms with Gasteiger partial charge in [-0.3, -0.25) is 10.1 Å². The second-order valence-electron chi connectivity index (χ2n) is 2.29. The zero-order chi connectivity index (χ0) is 10.4. The summed E-state index contributed by atoms with van der Waals surface area (Å²) in [6.07, 6.45) is 1.44. The molecule has 0 aliphatic rings. The molecule has 0 fully saturated rings. The van der Waals surface area contributed by atoms with Crippen molar-refractivity contribution in [2.75, 3.05) is 0 Å². The fraction of sp³-hybridized carbons (Fsp3) is 0.250. The lowest BCUT2D eigenvalue weighted by Crippen LogP contribution is -1.93. The van der Waals surface area contributed by atoms with Crippen LogP contribution >= 0.6 is 0 Å². The van der Waals surface area contributed by atoms with Gasteiger partial charge in [0.2, 0.25) is 5.70 Å². The average molecular weight is 189 g/mol. The van der Waals surface area contributed by atoms with Crippen molar-refractivity contribution in [3.05, 3.63) is 46.2 Å². The van der Waals surface area contributed by atoms with E-state index in [1.165, 1.54) is 6.08 Å². The van der Waals surface area contributed by atoms with Crippen LogP contribution in [0.15, 0.2) is 36.1 Å². The van der Waals surface area contributed by atoms with Crippen molar-refractivity contribution in [3.63, 3.8) is 0 Å². The van der Waals surface area contributed by atoms with Crippen LogP contribution in [-0.2, 0) is 0 Å². The van der Waals surface area contributed by atoms with Crippen LogP contribution in [0.25, 0.3) is 0 Å². The summed E-state index contributed by atoms with van der Waals surface area (Å²) in [6, 6.07) is 0. The maximum atomic E-state index is 12.7. The second kappa shape index (κ2) is 5.18. The van der Waals surface area contributed by atoms with Crippen molar-refractivity contribution in [1.29, 1.82) is 0 Å². The predicted octanol–water partition coefficient (Wildman–Crippen LogP) is 2.89. The fourth-order valence-electron chi connectivity index (χ4n) is 0.539. The molecule has 13 heavy (non-hydrogen) atoms. The number of hydrogen-bond acceptors (Lipinski definition) is 2. The van der Waals surface area contributed by atoms with Gasteiger partial charge in [0.15, 0.2) is 5.83 Å². The van der Waals surface area contributed by atoms with Crippen molar-refractivity contribution in [2.24, 2.45) is 0 Å². The molecule has 0 aromatic carbocycles. The van der Waals surface area contributed by atoms with E-state index in [2.05, 4.69) is 6.58 Å². The van der Waals surface area contributed by atoms with Gasteiger partial charge in [-0.05, 0) is 0 Å². The molecule has 3 nitrogen and oxygen atoms in total. The van der Waals surface area contributed by atoms with Gasteiger partial charge in [-0.2, -0.15) is 0 Å². The van der Waals surface area contributed by atoms with E-state index in [4.69, 9.17) is 0 Å². The monoisotopic (exact) mass is 189 g/mol. The van der Waals surface area contributed by atoms with Gasteiger partial charge in [0.25, 0.3) is 0 Å². The summed E-state index contributed by atoms with van der Waals surface area (Å²) < 4.78 is 25.3. The molecule has 0 aromatic rings. The molecule has 5 heteroatoms. The molecular formula is C8H9F2NO2. The topological polar surface area (TPSA) is 43.1 Å². The first-order valence-electron chi connectivity index (χ1n) is 3.46. The fourth-order valence-corrected chi connectivity index (χ4v) is 0.539. The van der Waals surface area contributed by atoms with Crippen LogP contribution < -0.4 is 0 Å². The van der Waals surface area contributed by atoms with Crippen LogP contribution in [0.3, 0.4) is 0 Å². The molecule has 0 saturated carbocycles. The number of rotatable bonds is 4. The summed E-state index contributed by atoms with van der Waals surface area (Å²) in [5, 5.41) is 10.0. The minimum atomic E-state index is -1.23. The van der Waals surface area contributed by atoms with Crippen molar-refractivity contribution < 1.29 is 13.7 Å². The number of halogens is 2. The molecule has 0 spiro atoms. The van der Waals surface area contributed by atoms with E-state index < -0.39 is 22.3 Å². The van der Waals surface area contributed by atoms with Gasteiger partial charge >= 0.3 is 0 Å². The quantitative estimate of drug-likeness (QED) is 0.295. The van der Waals surface area contributed by atoms with Crippen molar-refractivity contribution in [3.8, 4) is 0 Å². The van der Waals surface area contributed by atoms with Crippen LogP contribution in [0.2, 0.25) is 0 Å². The molecule has 0 saturated heterocycles. The van der Waals surface area contributed by atoms with Gasteiger partial charge in [0.05, 0.1) is 4.92 Å². The Morgan fingerprint density at radius 3 is 2.54 bits per heavy atom. The average Bonchev–Trinajstić information content (AvgIpc) is 2.04. The Kier molecular flexibility index (Phi) is 4.58. The molecule has 0 unspecified atom stereocenters. The molecule has 0 radical (unpaired) electrons. The summed E-state index contributed by atoms with van der Waals surface area (Å²) in [4.78, 5) is 9.23. The Bertz CT molecular complexity index is 282. The highest BCUT2D eigenvalue weighted by atomic mass is 19.2. The summed E-state index contributed by atoms with van der Waals surface area (Å²) in [6.45, 7) is 4.29. The summed E-state index contributed by atoms with van der Waals surface area (Å²) >= 11 is 0. The molecule has 0 aliphatic heterocycles. The molecule has 0 amide bonds. The molecular weight excluding hydrogens is 180 g/mol. The zero-order valence-corrected chi connectivity index (χ0v) is 7.09. The van der Waals surface area contributed by atoms with Gasteiger partial charge in [-0.1, -0.05) is 6.08 Å². The lowest BCUT2D eigenvalue weighted by atomic mass is 10.3. The Hall–Kier alpha value is -1.52. The van der Waals surface area contributed by atoms with E-state index in [1.54, 1.807) is 0 Å². The van der Waals surface area contributed by atoms with Gasteiger partial charge in [0.1, 0.15) is 5.83 Å². The lowest BCUT2D eigenvalue weighted by molar-refractivity contribution is -0.424. The van der Waals surface area contributed by atoms with Gasteiger partial charge < -0.3 is 0 Å². The number of nitrogens with zero attached hydrogens (tertiary/aromatic N) is 1. The molecule has 0 atom stereocenters. The minimum Gasteiger partial charge on any atom is -0.259 e. The Morgan fingerprint density at radius 2 is 2.15 bits per heavy atom. The third-order valence-corrected chi connectivity index (χ3v) is 1.21. The van der Waals surface area contributed by atoms with Crippen molar-refractivity contribution in [2.45, 2.75) is 13.3 Å². The standard InChI is InChI=1S/C8H9F2NO2/c1-3-4-7(9)8(10)5-6(2)11(12)13/h3,5H,1,4H2,2H3/b6-5+,8-7-. The maximum Gasteiger partial charge on any atom is 0.246 e. The highest BCUT2D eigenvalue weighted by molar-refractivity contribution is 5.18. The molecule has 0 rings (SSSR count). The van der Waals surface area contributed by atoms with E-state index in [1.807, 2.05) is 0 Å². The highest BCUT2D eigenvalue weighted by Gasteiger charge is 2.07. The number of hydrogen-bond donors (Lipinski definition) is 0. The second-order valence-corrected chi connectivity index (χ2v) is 2.29. The number of allylic oxidation sites excluding steroid dienone is 5. The first-order chi connectivity index (χ1) is 5.99. The van der Waals surface area contributed by atoms with E-state index >= 15 is 0 Å². The molecule has 0 bridgehead atoms. The normalized spacial score (nSPS) is 13.6. The smallest absolute Gasteiger partial charge is 0.246 e. The Balaban J connectivity index is 4.69. The molecule has 72 valence electrons. The van der Waals surface area contributed by atoms with E-state index in [-0.39, 0.29) is 6.42 Å². The van der Waals surface area contributed by atoms with Crippen LogP contribution in [0.5, 0.6) is 0 Å². The summed E-state index contributed by atoms with van der Waals surface area (Å²) in [5.74, 6) is -2.29. The van der Waals surface area contributed by atoms with Gasteiger partial charge in [-0.25, -0.2) is 8.78 Å². The largest absolute Gasteiger partial charge is 0.259 e. The van der Waals surface area contributed by atoms with E-state index in [0.717, 1.165) is 6.92 Å². The van der Waals surface area contributed by atoms with Crippen molar-refractivity contribution in [1.82, 2.24) is 0 Å². The first kappa shape index (κ1) is 11.5. The first-order valence-corrected chi connectivity index (χ1v) is 3.46. The SMILES string of the molecule is C=CC/C(F)=C(F)\C=C(/C)[N+](=O)[O-]. The predicted molar refractivity (Wildman–Crippen MR) is 44.8 cm³/mol. The number of nitro groups is 1. The van der Waals surface area contributed by atoms with Crippen LogP contribution in [-0.4, -0.2) is 4.92 Å². The van der Waals surface area contributed by atoms with Gasteiger partial charge in [0, 0.05) is 19.4 Å². The van der Waals surface area contributed by atoms with Crippen LogP contribution in [0.1, 0.15) is 13.3 Å². The molecule has 0 heterocycles. The summed E-state index contributed by atoms with van der Waals surface area (Å²) in [7, 11) is 0. The Morgan fingerprint density at radius 1 is 1.62 bits per heavy atom. The molecule has 0 aliphatic carbocycles. The lowest BCUT2D eigenvalue weighted by Gasteiger charge is -1.92. The van der Waals surface area contributed by atoms with Crippen molar-refractivity contribution >= 4 is 0 Å². The highest BCUT2D eigenvalue weighted by Crippen LogP contribution is 2.15. The molecule has 0 N–H and O–H groups in total. The van der Waals surface area contributed by atoms with Gasteiger partial charge in [-0.15, -0.1) is 6.58 Å². The third kappa shape index (κ3) is 4.15. The Labute approximate surface area is 74.2 Å². The third-order valence-electron chi connectivity index (χ3n) is 1.21. The summed E-state index contributed by atoms with van der Waals surface area (Å²) in [5.41, 5.74) is -0.447. The van der Waals surface area contributed by atoms with E-state index in [9.17, 15) is 18.9 Å².